The quantitative estimate of drug-likeness (QED) is 0.654. The molecule has 0 unspecified atom stereocenters. The standard InChI is InChI=1S/C12H9N3O/c1-2-4-11(5-3-1)15-8-12(13-14-15)10-6-7-16-9-10/h1-9H. The van der Waals surface area contributed by atoms with Crippen molar-refractivity contribution in [2.75, 3.05) is 0 Å². The lowest BCUT2D eigenvalue weighted by Crippen LogP contribution is -1.93. The second-order valence-corrected chi connectivity index (χ2v) is 3.40. The molecule has 4 nitrogen and oxygen atoms in total. The summed E-state index contributed by atoms with van der Waals surface area (Å²) in [5.41, 5.74) is 2.73. The van der Waals surface area contributed by atoms with E-state index in [-0.39, 0.29) is 0 Å². The summed E-state index contributed by atoms with van der Waals surface area (Å²) in [4.78, 5) is 0. The van der Waals surface area contributed by atoms with Crippen molar-refractivity contribution >= 4 is 0 Å². The van der Waals surface area contributed by atoms with Crippen LogP contribution in [0.5, 0.6) is 0 Å². The Bertz CT molecular complexity index is 569. The van der Waals surface area contributed by atoms with Gasteiger partial charge in [-0.3, -0.25) is 0 Å². The van der Waals surface area contributed by atoms with Gasteiger partial charge >= 0.3 is 0 Å². The zero-order valence-electron chi connectivity index (χ0n) is 8.45. The summed E-state index contributed by atoms with van der Waals surface area (Å²) >= 11 is 0. The summed E-state index contributed by atoms with van der Waals surface area (Å²) in [7, 11) is 0. The molecule has 0 aliphatic heterocycles. The second kappa shape index (κ2) is 3.66. The van der Waals surface area contributed by atoms with E-state index in [1.54, 1.807) is 17.2 Å². The van der Waals surface area contributed by atoms with Crippen molar-refractivity contribution in [1.29, 1.82) is 0 Å². The number of aromatic nitrogens is 3. The molecule has 0 bridgehead atoms. The maximum Gasteiger partial charge on any atom is 0.116 e. The van der Waals surface area contributed by atoms with E-state index in [0.29, 0.717) is 0 Å². The highest BCUT2D eigenvalue weighted by Crippen LogP contribution is 2.17. The number of nitrogens with zero attached hydrogens (tertiary/aromatic N) is 3. The second-order valence-electron chi connectivity index (χ2n) is 3.40. The lowest BCUT2D eigenvalue weighted by molar-refractivity contribution is 0.568. The van der Waals surface area contributed by atoms with E-state index in [9.17, 15) is 0 Å². The lowest BCUT2D eigenvalue weighted by Gasteiger charge is -1.96. The molecule has 0 aliphatic carbocycles. The van der Waals surface area contributed by atoms with Gasteiger partial charge in [0, 0.05) is 5.56 Å². The molecule has 0 saturated heterocycles. The van der Waals surface area contributed by atoms with Gasteiger partial charge < -0.3 is 4.42 Å². The minimum absolute atomic E-state index is 0.803. The van der Waals surface area contributed by atoms with E-state index < -0.39 is 0 Å². The highest BCUT2D eigenvalue weighted by molar-refractivity contribution is 5.56. The molecule has 0 atom stereocenters. The van der Waals surface area contributed by atoms with Crippen LogP contribution >= 0.6 is 0 Å². The summed E-state index contributed by atoms with van der Waals surface area (Å²) in [5.74, 6) is 0. The largest absolute Gasteiger partial charge is 0.472 e. The molecule has 4 heteroatoms. The maximum absolute atomic E-state index is 5.01. The van der Waals surface area contributed by atoms with E-state index in [1.807, 2.05) is 42.6 Å². The SMILES string of the molecule is c1ccc(-n2cc(-c3ccoc3)nn2)cc1. The molecule has 2 heterocycles. The monoisotopic (exact) mass is 211 g/mol. The van der Waals surface area contributed by atoms with Gasteiger partial charge in [-0.25, -0.2) is 4.68 Å². The Morgan fingerprint density at radius 2 is 1.94 bits per heavy atom. The molecule has 1 aromatic carbocycles. The molecule has 0 fully saturated rings. The van der Waals surface area contributed by atoms with Gasteiger partial charge in [0.15, 0.2) is 0 Å². The highest BCUT2D eigenvalue weighted by Gasteiger charge is 2.05. The highest BCUT2D eigenvalue weighted by atomic mass is 16.3. The normalized spacial score (nSPS) is 10.5. The van der Waals surface area contributed by atoms with Crippen LogP contribution in [0.3, 0.4) is 0 Å². The van der Waals surface area contributed by atoms with Crippen molar-refractivity contribution in [1.82, 2.24) is 15.0 Å². The van der Waals surface area contributed by atoms with Crippen LogP contribution in [0, 0.1) is 0 Å². The first-order chi connectivity index (χ1) is 7.93. The van der Waals surface area contributed by atoms with E-state index in [4.69, 9.17) is 4.42 Å². The van der Waals surface area contributed by atoms with Gasteiger partial charge in [0.2, 0.25) is 0 Å². The van der Waals surface area contributed by atoms with E-state index in [1.165, 1.54) is 0 Å². The van der Waals surface area contributed by atoms with Crippen LogP contribution in [0.4, 0.5) is 0 Å². The van der Waals surface area contributed by atoms with Gasteiger partial charge in [-0.1, -0.05) is 23.4 Å². The third-order valence-electron chi connectivity index (χ3n) is 2.33. The molecule has 0 saturated carbocycles. The first-order valence-corrected chi connectivity index (χ1v) is 4.94. The van der Waals surface area contributed by atoms with Gasteiger partial charge in [-0.15, -0.1) is 5.10 Å². The average Bonchev–Trinajstić information content (AvgIpc) is 3.01. The zero-order chi connectivity index (χ0) is 10.8. The topological polar surface area (TPSA) is 43.9 Å². The van der Waals surface area contributed by atoms with Crippen molar-refractivity contribution in [2.45, 2.75) is 0 Å². The van der Waals surface area contributed by atoms with Gasteiger partial charge in [-0.05, 0) is 18.2 Å². The van der Waals surface area contributed by atoms with Crippen molar-refractivity contribution in [3.8, 4) is 16.9 Å². The molecular weight excluding hydrogens is 202 g/mol. The third-order valence-corrected chi connectivity index (χ3v) is 2.33. The Morgan fingerprint density at radius 1 is 1.06 bits per heavy atom. The van der Waals surface area contributed by atoms with Crippen molar-refractivity contribution in [3.05, 3.63) is 55.1 Å². The molecule has 16 heavy (non-hydrogen) atoms. The minimum Gasteiger partial charge on any atom is -0.472 e. The molecule has 0 amide bonds. The predicted octanol–water partition coefficient (Wildman–Crippen LogP) is 2.53. The number of benzene rings is 1. The minimum atomic E-state index is 0.803. The molecule has 0 spiro atoms. The fraction of sp³-hybridized carbons (Fsp3) is 0. The fourth-order valence-corrected chi connectivity index (χ4v) is 1.51. The predicted molar refractivity (Wildman–Crippen MR) is 59.1 cm³/mol. The molecule has 3 aromatic rings. The van der Waals surface area contributed by atoms with Crippen molar-refractivity contribution in [2.24, 2.45) is 0 Å². The van der Waals surface area contributed by atoms with Crippen LogP contribution in [0.2, 0.25) is 0 Å². The van der Waals surface area contributed by atoms with Gasteiger partial charge in [0.1, 0.15) is 5.69 Å². The number of rotatable bonds is 2. The number of para-hydroxylation sites is 1. The Balaban J connectivity index is 2.00. The van der Waals surface area contributed by atoms with Crippen LogP contribution in [0.25, 0.3) is 16.9 Å². The van der Waals surface area contributed by atoms with Gasteiger partial charge in [-0.2, -0.15) is 0 Å². The Hall–Kier alpha value is -2.36. The lowest BCUT2D eigenvalue weighted by atomic mass is 10.2. The molecule has 78 valence electrons. The summed E-state index contributed by atoms with van der Waals surface area (Å²) in [5, 5.41) is 8.16. The van der Waals surface area contributed by atoms with Gasteiger partial charge in [0.25, 0.3) is 0 Å². The van der Waals surface area contributed by atoms with Crippen LogP contribution < -0.4 is 0 Å². The summed E-state index contributed by atoms with van der Waals surface area (Å²) in [6.07, 6.45) is 5.15. The van der Waals surface area contributed by atoms with Crippen LogP contribution in [0.15, 0.2) is 59.5 Å². The maximum atomic E-state index is 5.01. The summed E-state index contributed by atoms with van der Waals surface area (Å²) in [6.45, 7) is 0. The Kier molecular flexibility index (Phi) is 2.04. The van der Waals surface area contributed by atoms with Crippen LogP contribution in [-0.4, -0.2) is 15.0 Å². The van der Waals surface area contributed by atoms with Crippen LogP contribution in [0.1, 0.15) is 0 Å². The Morgan fingerprint density at radius 3 is 2.69 bits per heavy atom. The van der Waals surface area contributed by atoms with Crippen molar-refractivity contribution < 1.29 is 4.42 Å². The van der Waals surface area contributed by atoms with Gasteiger partial charge in [0.05, 0.1) is 24.4 Å². The number of furan rings is 1. The zero-order valence-corrected chi connectivity index (χ0v) is 8.45. The molecule has 0 N–H and O–H groups in total. The number of hydrogen-bond donors (Lipinski definition) is 0. The number of hydrogen-bond acceptors (Lipinski definition) is 3. The van der Waals surface area contributed by atoms with E-state index in [2.05, 4.69) is 10.3 Å². The van der Waals surface area contributed by atoms with Crippen molar-refractivity contribution in [3.63, 3.8) is 0 Å². The first-order valence-electron chi connectivity index (χ1n) is 4.94. The first kappa shape index (κ1) is 8.91. The fourth-order valence-electron chi connectivity index (χ4n) is 1.51. The van der Waals surface area contributed by atoms with E-state index >= 15 is 0 Å². The summed E-state index contributed by atoms with van der Waals surface area (Å²) in [6, 6.07) is 11.7. The third kappa shape index (κ3) is 1.50. The molecular formula is C12H9N3O. The molecule has 3 rings (SSSR count). The van der Waals surface area contributed by atoms with E-state index in [0.717, 1.165) is 16.9 Å². The van der Waals surface area contributed by atoms with Crippen LogP contribution in [-0.2, 0) is 0 Å². The smallest absolute Gasteiger partial charge is 0.116 e. The molecule has 0 radical (unpaired) electrons. The molecule has 2 aromatic heterocycles. The molecule has 0 aliphatic rings. The summed E-state index contributed by atoms with van der Waals surface area (Å²) < 4.78 is 6.75. The average molecular weight is 211 g/mol. The Labute approximate surface area is 92.1 Å².